The Bertz CT molecular complexity index is 649. The van der Waals surface area contributed by atoms with Crippen LogP contribution in [0.1, 0.15) is 71.6 Å². The molecule has 0 bridgehead atoms. The van der Waals surface area contributed by atoms with Gasteiger partial charge in [-0.2, -0.15) is 9.97 Å². The monoisotopic (exact) mass is 434 g/mol. The smallest absolute Gasteiger partial charge is 0.320 e. The average Bonchev–Trinajstić information content (AvgIpc) is 2.78. The van der Waals surface area contributed by atoms with Crippen molar-refractivity contribution in [1.29, 1.82) is 0 Å². The standard InChI is InChI=1S/C23H42N6O2/c1-4-6-13-28-15-11-19(12-16-28)10-8-9-14-29(18-30)22-20(25-3)21(24)26-23(27-22)31-17-7-5-2/h18-19,25H,4-17H2,1-3H3,(H2,24,26,27). The normalized spacial score (nSPS) is 15.1. The highest BCUT2D eigenvalue weighted by Gasteiger charge is 2.20. The minimum Gasteiger partial charge on any atom is -0.463 e. The van der Waals surface area contributed by atoms with Crippen LogP contribution in [0.25, 0.3) is 0 Å². The summed E-state index contributed by atoms with van der Waals surface area (Å²) < 4.78 is 5.62. The van der Waals surface area contributed by atoms with E-state index < -0.39 is 0 Å². The second kappa shape index (κ2) is 14.1. The highest BCUT2D eigenvalue weighted by Crippen LogP contribution is 2.30. The van der Waals surface area contributed by atoms with Crippen molar-refractivity contribution in [2.75, 3.05) is 55.8 Å². The lowest BCUT2D eigenvalue weighted by Crippen LogP contribution is -2.34. The Morgan fingerprint density at radius 2 is 1.90 bits per heavy atom. The van der Waals surface area contributed by atoms with Gasteiger partial charge in [0.2, 0.25) is 6.41 Å². The first kappa shape index (κ1) is 25.2. The fourth-order valence-corrected chi connectivity index (χ4v) is 4.07. The predicted octanol–water partition coefficient (Wildman–Crippen LogP) is 3.92. The van der Waals surface area contributed by atoms with E-state index in [1.165, 1.54) is 51.7 Å². The molecule has 1 aliphatic rings. The zero-order valence-corrected chi connectivity index (χ0v) is 19.7. The molecule has 1 aliphatic heterocycles. The number of amides is 1. The number of unbranched alkanes of at least 4 members (excludes halogenated alkanes) is 3. The van der Waals surface area contributed by atoms with Gasteiger partial charge < -0.3 is 20.7 Å². The third kappa shape index (κ3) is 8.16. The summed E-state index contributed by atoms with van der Waals surface area (Å²) in [5.74, 6) is 1.59. The molecule has 0 aliphatic carbocycles. The first-order valence-corrected chi connectivity index (χ1v) is 12.0. The van der Waals surface area contributed by atoms with E-state index in [4.69, 9.17) is 10.5 Å². The number of anilines is 3. The summed E-state index contributed by atoms with van der Waals surface area (Å²) in [6.07, 6.45) is 11.2. The number of hydrogen-bond donors (Lipinski definition) is 2. The minimum atomic E-state index is 0.224. The third-order valence-electron chi connectivity index (χ3n) is 6.07. The fourth-order valence-electron chi connectivity index (χ4n) is 4.07. The van der Waals surface area contributed by atoms with Gasteiger partial charge >= 0.3 is 6.01 Å². The molecular formula is C23H42N6O2. The quantitative estimate of drug-likeness (QED) is 0.319. The van der Waals surface area contributed by atoms with Gasteiger partial charge in [-0.05, 0) is 57.7 Å². The van der Waals surface area contributed by atoms with E-state index in [2.05, 4.69) is 34.0 Å². The van der Waals surface area contributed by atoms with Crippen LogP contribution in [0.3, 0.4) is 0 Å². The maximum absolute atomic E-state index is 11.8. The molecule has 0 radical (unpaired) electrons. The highest BCUT2D eigenvalue weighted by atomic mass is 16.5. The van der Waals surface area contributed by atoms with E-state index in [1.54, 1.807) is 11.9 Å². The van der Waals surface area contributed by atoms with E-state index in [0.29, 0.717) is 30.5 Å². The lowest BCUT2D eigenvalue weighted by Gasteiger charge is -2.32. The van der Waals surface area contributed by atoms with E-state index in [1.807, 2.05) is 0 Å². The minimum absolute atomic E-state index is 0.224. The van der Waals surface area contributed by atoms with Crippen LogP contribution in [0.4, 0.5) is 17.3 Å². The molecule has 0 spiro atoms. The SMILES string of the molecule is CCCCOc1nc(N)c(NC)c(N(C=O)CCCCC2CCN(CCCC)CC2)n1. The van der Waals surface area contributed by atoms with Crippen LogP contribution in [0.15, 0.2) is 0 Å². The summed E-state index contributed by atoms with van der Waals surface area (Å²) in [6.45, 7) is 9.21. The molecule has 2 rings (SSSR count). The number of likely N-dealkylation sites (tertiary alicyclic amines) is 1. The lowest BCUT2D eigenvalue weighted by atomic mass is 9.91. The number of nitrogens with zero attached hydrogens (tertiary/aromatic N) is 4. The summed E-state index contributed by atoms with van der Waals surface area (Å²) >= 11 is 0. The molecule has 8 nitrogen and oxygen atoms in total. The van der Waals surface area contributed by atoms with Gasteiger partial charge in [-0.15, -0.1) is 0 Å². The molecule has 0 saturated carbocycles. The molecule has 1 fully saturated rings. The average molecular weight is 435 g/mol. The van der Waals surface area contributed by atoms with Crippen LogP contribution < -0.4 is 20.7 Å². The van der Waals surface area contributed by atoms with Gasteiger partial charge in [0, 0.05) is 13.6 Å². The van der Waals surface area contributed by atoms with Gasteiger partial charge in [-0.1, -0.05) is 39.5 Å². The zero-order chi connectivity index (χ0) is 22.5. The molecule has 1 aromatic rings. The summed E-state index contributed by atoms with van der Waals surface area (Å²) in [4.78, 5) is 24.7. The van der Waals surface area contributed by atoms with E-state index in [0.717, 1.165) is 38.0 Å². The molecule has 1 saturated heterocycles. The Kier molecular flexibility index (Phi) is 11.4. The summed E-state index contributed by atoms with van der Waals surface area (Å²) in [6, 6.07) is 0.224. The summed E-state index contributed by atoms with van der Waals surface area (Å²) in [7, 11) is 1.76. The second-order valence-corrected chi connectivity index (χ2v) is 8.48. The third-order valence-corrected chi connectivity index (χ3v) is 6.07. The van der Waals surface area contributed by atoms with Crippen LogP contribution in [0, 0.1) is 5.92 Å². The van der Waals surface area contributed by atoms with Gasteiger partial charge in [-0.3, -0.25) is 9.69 Å². The van der Waals surface area contributed by atoms with Crippen molar-refractivity contribution in [2.45, 2.75) is 71.6 Å². The molecule has 1 aromatic heterocycles. The van der Waals surface area contributed by atoms with Crippen molar-refractivity contribution in [2.24, 2.45) is 5.92 Å². The Labute approximate surface area is 187 Å². The van der Waals surface area contributed by atoms with Crippen molar-refractivity contribution in [1.82, 2.24) is 14.9 Å². The number of aromatic nitrogens is 2. The Hall–Kier alpha value is -2.09. The zero-order valence-electron chi connectivity index (χ0n) is 19.7. The number of nitrogens with one attached hydrogen (secondary N) is 1. The van der Waals surface area contributed by atoms with E-state index in [9.17, 15) is 4.79 Å². The van der Waals surface area contributed by atoms with Crippen LogP contribution in [-0.2, 0) is 4.79 Å². The maximum atomic E-state index is 11.8. The van der Waals surface area contributed by atoms with E-state index >= 15 is 0 Å². The highest BCUT2D eigenvalue weighted by molar-refractivity contribution is 5.85. The summed E-state index contributed by atoms with van der Waals surface area (Å²) in [5, 5.41) is 3.02. The van der Waals surface area contributed by atoms with Crippen LogP contribution in [0.2, 0.25) is 0 Å². The molecule has 0 atom stereocenters. The Balaban J connectivity index is 1.85. The van der Waals surface area contributed by atoms with Gasteiger partial charge in [0.15, 0.2) is 11.6 Å². The lowest BCUT2D eigenvalue weighted by molar-refractivity contribution is -0.107. The number of piperidine rings is 1. The molecular weight excluding hydrogens is 392 g/mol. The van der Waals surface area contributed by atoms with Crippen LogP contribution in [0.5, 0.6) is 6.01 Å². The predicted molar refractivity (Wildman–Crippen MR) is 128 cm³/mol. The first-order chi connectivity index (χ1) is 15.1. The number of rotatable bonds is 15. The largest absolute Gasteiger partial charge is 0.463 e. The molecule has 0 aromatic carbocycles. The number of hydrogen-bond acceptors (Lipinski definition) is 7. The van der Waals surface area contributed by atoms with Crippen molar-refractivity contribution < 1.29 is 9.53 Å². The van der Waals surface area contributed by atoms with Gasteiger partial charge in [-0.25, -0.2) is 0 Å². The van der Waals surface area contributed by atoms with Gasteiger partial charge in [0.25, 0.3) is 0 Å². The molecule has 8 heteroatoms. The number of nitrogens with two attached hydrogens (primary N) is 1. The van der Waals surface area contributed by atoms with Gasteiger partial charge in [0.1, 0.15) is 5.69 Å². The second-order valence-electron chi connectivity index (χ2n) is 8.48. The number of carbonyl (C=O) groups excluding carboxylic acids is 1. The Morgan fingerprint density at radius 1 is 1.16 bits per heavy atom. The fraction of sp³-hybridized carbons (Fsp3) is 0.783. The maximum Gasteiger partial charge on any atom is 0.320 e. The molecule has 176 valence electrons. The molecule has 3 N–H and O–H groups in total. The van der Waals surface area contributed by atoms with Crippen molar-refractivity contribution >= 4 is 23.7 Å². The van der Waals surface area contributed by atoms with Gasteiger partial charge in [0.05, 0.1) is 6.61 Å². The molecule has 0 unspecified atom stereocenters. The molecule has 2 heterocycles. The van der Waals surface area contributed by atoms with Crippen molar-refractivity contribution in [3.63, 3.8) is 0 Å². The van der Waals surface area contributed by atoms with Crippen LogP contribution in [-0.4, -0.2) is 61.1 Å². The number of carbonyl (C=O) groups is 1. The first-order valence-electron chi connectivity index (χ1n) is 12.0. The number of nitrogen functional groups attached to an aromatic ring is 1. The Morgan fingerprint density at radius 3 is 2.55 bits per heavy atom. The topological polar surface area (TPSA) is 96.6 Å². The van der Waals surface area contributed by atoms with Crippen LogP contribution >= 0.6 is 0 Å². The van der Waals surface area contributed by atoms with Crippen molar-refractivity contribution in [3.8, 4) is 6.01 Å². The number of ether oxygens (including phenoxy) is 1. The summed E-state index contributed by atoms with van der Waals surface area (Å²) in [5.41, 5.74) is 6.65. The molecule has 1 amide bonds. The van der Waals surface area contributed by atoms with Crippen molar-refractivity contribution in [3.05, 3.63) is 0 Å². The van der Waals surface area contributed by atoms with E-state index in [-0.39, 0.29) is 6.01 Å². The molecule has 31 heavy (non-hydrogen) atoms.